The van der Waals surface area contributed by atoms with Crippen molar-refractivity contribution in [3.63, 3.8) is 0 Å². The van der Waals surface area contributed by atoms with Crippen molar-refractivity contribution in [1.29, 1.82) is 0 Å². The lowest BCUT2D eigenvalue weighted by molar-refractivity contribution is 0.324. The van der Waals surface area contributed by atoms with Gasteiger partial charge in [0.15, 0.2) is 0 Å². The van der Waals surface area contributed by atoms with Gasteiger partial charge in [-0.15, -0.1) is 0 Å². The van der Waals surface area contributed by atoms with E-state index in [0.717, 1.165) is 48.6 Å². The summed E-state index contributed by atoms with van der Waals surface area (Å²) in [5, 5.41) is 14.5. The fourth-order valence-electron chi connectivity index (χ4n) is 3.63. The number of fused-ring (bicyclic) bond motifs is 1. The van der Waals surface area contributed by atoms with Crippen molar-refractivity contribution in [2.75, 3.05) is 18.4 Å². The van der Waals surface area contributed by atoms with Gasteiger partial charge in [0.05, 0.1) is 11.7 Å². The fraction of sp³-hybridized carbons (Fsp3) is 0.350. The summed E-state index contributed by atoms with van der Waals surface area (Å²) in [5.74, 6) is 0.370. The largest absolute Gasteiger partial charge is 0.508 e. The molecular formula is C20H22ClN3O. The van der Waals surface area contributed by atoms with E-state index in [0.29, 0.717) is 10.8 Å². The highest BCUT2D eigenvalue weighted by atomic mass is 35.5. The van der Waals surface area contributed by atoms with Gasteiger partial charge in [0.2, 0.25) is 0 Å². The van der Waals surface area contributed by atoms with Gasteiger partial charge in [-0.05, 0) is 56.3 Å². The number of rotatable bonds is 4. The van der Waals surface area contributed by atoms with Crippen molar-refractivity contribution in [3.8, 4) is 5.75 Å². The first-order chi connectivity index (χ1) is 12.2. The van der Waals surface area contributed by atoms with Crippen molar-refractivity contribution in [2.24, 2.45) is 4.99 Å². The maximum absolute atomic E-state index is 10.2. The average molecular weight is 356 g/mol. The zero-order chi connectivity index (χ0) is 17.2. The molecule has 0 aliphatic carbocycles. The number of nitrogens with zero attached hydrogens (tertiary/aromatic N) is 2. The maximum Gasteiger partial charge on any atom is 0.120 e. The van der Waals surface area contributed by atoms with E-state index in [1.165, 1.54) is 12.8 Å². The Morgan fingerprint density at radius 2 is 2.00 bits per heavy atom. The molecule has 4 nitrogen and oxygen atoms in total. The Balaban J connectivity index is 1.54. The number of nitrogens with one attached hydrogen (secondary N) is 1. The molecule has 0 aromatic heterocycles. The van der Waals surface area contributed by atoms with Gasteiger partial charge in [-0.2, -0.15) is 0 Å². The monoisotopic (exact) mass is 355 g/mol. The Bertz CT molecular complexity index is 800. The first-order valence-corrected chi connectivity index (χ1v) is 9.19. The lowest BCUT2D eigenvalue weighted by atomic mass is 9.99. The van der Waals surface area contributed by atoms with E-state index in [9.17, 15) is 5.11 Å². The van der Waals surface area contributed by atoms with Crippen molar-refractivity contribution in [1.82, 2.24) is 4.90 Å². The topological polar surface area (TPSA) is 47.9 Å². The van der Waals surface area contributed by atoms with Crippen LogP contribution in [-0.2, 0) is 6.54 Å². The summed E-state index contributed by atoms with van der Waals surface area (Å²) >= 11 is 6.08. The Morgan fingerprint density at radius 1 is 1.16 bits per heavy atom. The van der Waals surface area contributed by atoms with Gasteiger partial charge in [-0.3, -0.25) is 9.89 Å². The van der Waals surface area contributed by atoms with Crippen LogP contribution >= 0.6 is 11.6 Å². The third kappa shape index (κ3) is 3.65. The van der Waals surface area contributed by atoms with Crippen LogP contribution in [0.15, 0.2) is 41.4 Å². The molecular weight excluding hydrogens is 334 g/mol. The summed E-state index contributed by atoms with van der Waals surface area (Å²) in [6, 6.07) is 11.8. The second-order valence-corrected chi connectivity index (χ2v) is 7.21. The number of hydrogen-bond acceptors (Lipinski definition) is 4. The molecule has 2 aromatic carbocycles. The zero-order valence-electron chi connectivity index (χ0n) is 14.1. The number of aromatic hydroxyl groups is 1. The van der Waals surface area contributed by atoms with Crippen LogP contribution < -0.4 is 5.32 Å². The molecule has 0 amide bonds. The van der Waals surface area contributed by atoms with Crippen LogP contribution in [-0.4, -0.2) is 29.3 Å². The molecule has 0 radical (unpaired) electrons. The molecule has 1 atom stereocenters. The highest BCUT2D eigenvalue weighted by Gasteiger charge is 2.19. The first kappa shape index (κ1) is 16.4. The Labute approximate surface area is 153 Å². The number of hydrogen-bond donors (Lipinski definition) is 2. The van der Waals surface area contributed by atoms with E-state index in [4.69, 9.17) is 11.6 Å². The molecule has 0 saturated carbocycles. The summed E-state index contributed by atoms with van der Waals surface area (Å²) in [5.41, 5.74) is 4.08. The molecule has 5 heteroatoms. The number of benzene rings is 2. The van der Waals surface area contributed by atoms with Crippen molar-refractivity contribution in [3.05, 3.63) is 52.5 Å². The summed E-state index contributed by atoms with van der Waals surface area (Å²) in [4.78, 5) is 6.84. The van der Waals surface area contributed by atoms with Gasteiger partial charge in [-0.25, -0.2) is 0 Å². The van der Waals surface area contributed by atoms with E-state index in [2.05, 4.69) is 21.3 Å². The number of likely N-dealkylation sites (tertiary alicyclic amines) is 1. The molecule has 25 heavy (non-hydrogen) atoms. The van der Waals surface area contributed by atoms with Crippen molar-refractivity contribution in [2.45, 2.75) is 31.8 Å². The molecule has 2 N–H and O–H groups in total. The predicted molar refractivity (Wildman–Crippen MR) is 103 cm³/mol. The maximum atomic E-state index is 10.2. The molecule has 2 aliphatic rings. The molecule has 1 saturated heterocycles. The highest BCUT2D eigenvalue weighted by molar-refractivity contribution is 6.30. The van der Waals surface area contributed by atoms with E-state index >= 15 is 0 Å². The van der Waals surface area contributed by atoms with Gasteiger partial charge in [0, 0.05) is 41.0 Å². The predicted octanol–water partition coefficient (Wildman–Crippen LogP) is 4.90. The number of aliphatic imine (C=N–C) groups is 1. The lowest BCUT2D eigenvalue weighted by Gasteiger charge is -2.24. The van der Waals surface area contributed by atoms with E-state index in [1.54, 1.807) is 6.07 Å². The Kier molecular flexibility index (Phi) is 4.64. The molecule has 1 unspecified atom stereocenters. The van der Waals surface area contributed by atoms with Crippen LogP contribution in [0.4, 0.5) is 11.4 Å². The minimum Gasteiger partial charge on any atom is -0.508 e. The molecule has 2 heterocycles. The third-order valence-electron chi connectivity index (χ3n) is 4.95. The molecule has 4 rings (SSSR count). The van der Waals surface area contributed by atoms with Crippen LogP contribution in [0.5, 0.6) is 5.75 Å². The van der Waals surface area contributed by atoms with Crippen LogP contribution in [0.1, 0.15) is 36.4 Å². The summed E-state index contributed by atoms with van der Waals surface area (Å²) < 4.78 is 0. The summed E-state index contributed by atoms with van der Waals surface area (Å²) in [6.45, 7) is 3.04. The second kappa shape index (κ2) is 7.06. The Morgan fingerprint density at radius 3 is 2.84 bits per heavy atom. The van der Waals surface area contributed by atoms with Gasteiger partial charge >= 0.3 is 0 Å². The van der Waals surface area contributed by atoms with Crippen molar-refractivity contribution >= 4 is 29.2 Å². The minimum atomic E-state index is 0.161. The fourth-order valence-corrected chi connectivity index (χ4v) is 3.79. The quantitative estimate of drug-likeness (QED) is 0.767. The second-order valence-electron chi connectivity index (χ2n) is 6.77. The molecule has 130 valence electrons. The first-order valence-electron chi connectivity index (χ1n) is 8.82. The number of anilines is 1. The summed E-state index contributed by atoms with van der Waals surface area (Å²) in [7, 11) is 0. The van der Waals surface area contributed by atoms with Crippen LogP contribution in [0.25, 0.3) is 0 Å². The molecule has 2 aromatic rings. The van der Waals surface area contributed by atoms with Gasteiger partial charge in [-0.1, -0.05) is 17.7 Å². The molecule has 1 fully saturated rings. The molecule has 2 aliphatic heterocycles. The number of phenols is 1. The van der Waals surface area contributed by atoms with Crippen LogP contribution in [0, 0.1) is 0 Å². The summed E-state index contributed by atoms with van der Waals surface area (Å²) in [6.07, 6.45) is 5.26. The van der Waals surface area contributed by atoms with Crippen molar-refractivity contribution < 1.29 is 5.11 Å². The van der Waals surface area contributed by atoms with Crippen LogP contribution in [0.2, 0.25) is 5.02 Å². The Hall–Kier alpha value is -2.04. The third-order valence-corrected chi connectivity index (χ3v) is 5.19. The number of halogens is 1. The van der Waals surface area contributed by atoms with Gasteiger partial charge in [0.1, 0.15) is 5.75 Å². The van der Waals surface area contributed by atoms with E-state index in [1.807, 2.05) is 30.5 Å². The van der Waals surface area contributed by atoms with Crippen LogP contribution in [0.3, 0.4) is 0 Å². The molecule has 0 spiro atoms. The smallest absolute Gasteiger partial charge is 0.120 e. The lowest BCUT2D eigenvalue weighted by Crippen LogP contribution is -2.19. The zero-order valence-corrected chi connectivity index (χ0v) is 14.8. The van der Waals surface area contributed by atoms with E-state index in [-0.39, 0.29) is 6.04 Å². The normalized spacial score (nSPS) is 19.8. The van der Waals surface area contributed by atoms with Gasteiger partial charge < -0.3 is 10.4 Å². The standard InChI is InChI=1S/C20H22ClN3O/c21-15-3-5-17-18(7-8-22-19(17)12-15)23-16-4-6-20(25)14(11-16)13-24-9-1-2-10-24/h3-6,8,11-12,18,23,25H,1-2,7,9-10,13H2. The minimum absolute atomic E-state index is 0.161. The molecule has 0 bridgehead atoms. The average Bonchev–Trinajstić information content (AvgIpc) is 3.11. The van der Waals surface area contributed by atoms with Gasteiger partial charge in [0.25, 0.3) is 0 Å². The SMILES string of the molecule is Oc1ccc(NC2CC=Nc3cc(Cl)ccc32)cc1CN1CCCC1. The van der Waals surface area contributed by atoms with E-state index < -0.39 is 0 Å². The highest BCUT2D eigenvalue weighted by Crippen LogP contribution is 2.36. The number of phenolic OH excluding ortho intramolecular Hbond substituents is 1.